The van der Waals surface area contributed by atoms with Crippen molar-refractivity contribution < 1.29 is 9.53 Å². The van der Waals surface area contributed by atoms with E-state index in [0.29, 0.717) is 6.61 Å². The van der Waals surface area contributed by atoms with Crippen LogP contribution in [0.3, 0.4) is 0 Å². The van der Waals surface area contributed by atoms with Gasteiger partial charge in [-0.15, -0.1) is 12.4 Å². The van der Waals surface area contributed by atoms with E-state index in [1.54, 1.807) is 0 Å². The second-order valence-corrected chi connectivity index (χ2v) is 2.84. The molecule has 0 saturated carbocycles. The SMILES string of the molecule is CCCCCCCOC(=O)CN.Cl. The van der Waals surface area contributed by atoms with Gasteiger partial charge in [0.2, 0.25) is 0 Å². The third-order valence-corrected chi connectivity index (χ3v) is 1.68. The van der Waals surface area contributed by atoms with Crippen LogP contribution in [0, 0.1) is 0 Å². The minimum Gasteiger partial charge on any atom is -0.465 e. The van der Waals surface area contributed by atoms with Crippen LogP contribution in [0.15, 0.2) is 0 Å². The summed E-state index contributed by atoms with van der Waals surface area (Å²) >= 11 is 0. The molecule has 13 heavy (non-hydrogen) atoms. The summed E-state index contributed by atoms with van der Waals surface area (Å²) < 4.78 is 4.81. The lowest BCUT2D eigenvalue weighted by Crippen LogP contribution is -2.17. The summed E-state index contributed by atoms with van der Waals surface area (Å²) in [6.07, 6.45) is 5.85. The topological polar surface area (TPSA) is 52.3 Å². The fourth-order valence-corrected chi connectivity index (χ4v) is 0.951. The molecule has 80 valence electrons. The molecule has 4 heteroatoms. The van der Waals surface area contributed by atoms with Crippen molar-refractivity contribution in [2.45, 2.75) is 39.0 Å². The second kappa shape index (κ2) is 11.7. The zero-order chi connectivity index (χ0) is 9.23. The van der Waals surface area contributed by atoms with E-state index in [1.807, 2.05) is 0 Å². The Balaban J connectivity index is 0. The van der Waals surface area contributed by atoms with Crippen LogP contribution in [0.2, 0.25) is 0 Å². The van der Waals surface area contributed by atoms with E-state index in [4.69, 9.17) is 10.5 Å². The lowest BCUT2D eigenvalue weighted by Gasteiger charge is -2.02. The molecule has 0 fully saturated rings. The third kappa shape index (κ3) is 11.7. The van der Waals surface area contributed by atoms with E-state index in [-0.39, 0.29) is 24.9 Å². The van der Waals surface area contributed by atoms with Crippen LogP contribution in [0.5, 0.6) is 0 Å². The molecule has 0 heterocycles. The maximum atomic E-state index is 10.6. The van der Waals surface area contributed by atoms with Gasteiger partial charge in [0.25, 0.3) is 0 Å². The minimum absolute atomic E-state index is 0. The maximum absolute atomic E-state index is 10.6. The molecule has 0 aliphatic heterocycles. The van der Waals surface area contributed by atoms with Gasteiger partial charge in [0, 0.05) is 0 Å². The first-order valence-corrected chi connectivity index (χ1v) is 4.67. The van der Waals surface area contributed by atoms with Crippen molar-refractivity contribution in [1.82, 2.24) is 0 Å². The number of ether oxygens (including phenoxy) is 1. The highest BCUT2D eigenvalue weighted by atomic mass is 35.5. The molecule has 0 bridgehead atoms. The zero-order valence-corrected chi connectivity index (χ0v) is 9.07. The number of halogens is 1. The minimum atomic E-state index is -0.300. The predicted octanol–water partition coefficient (Wildman–Crippen LogP) is 1.88. The Labute approximate surface area is 86.4 Å². The number of carbonyl (C=O) groups is 1. The quantitative estimate of drug-likeness (QED) is 0.515. The van der Waals surface area contributed by atoms with Crippen molar-refractivity contribution in [2.75, 3.05) is 13.2 Å². The number of unbranched alkanes of at least 4 members (excludes halogenated alkanes) is 4. The third-order valence-electron chi connectivity index (χ3n) is 1.68. The van der Waals surface area contributed by atoms with E-state index in [0.717, 1.165) is 12.8 Å². The van der Waals surface area contributed by atoms with Crippen LogP contribution in [-0.2, 0) is 9.53 Å². The van der Waals surface area contributed by atoms with Crippen molar-refractivity contribution in [1.29, 1.82) is 0 Å². The molecule has 0 atom stereocenters. The summed E-state index contributed by atoms with van der Waals surface area (Å²) in [5.74, 6) is -0.300. The Morgan fingerprint density at radius 2 is 1.85 bits per heavy atom. The lowest BCUT2D eigenvalue weighted by molar-refractivity contribution is -0.142. The van der Waals surface area contributed by atoms with Gasteiger partial charge >= 0.3 is 5.97 Å². The van der Waals surface area contributed by atoms with E-state index >= 15 is 0 Å². The normalized spacial score (nSPS) is 9.08. The van der Waals surface area contributed by atoms with Gasteiger partial charge in [0.15, 0.2) is 0 Å². The van der Waals surface area contributed by atoms with Crippen molar-refractivity contribution in [3.63, 3.8) is 0 Å². The summed E-state index contributed by atoms with van der Waals surface area (Å²) in [6.45, 7) is 2.70. The number of nitrogens with two attached hydrogens (primary N) is 1. The molecule has 0 aromatic rings. The molecule has 0 saturated heterocycles. The Kier molecular flexibility index (Phi) is 13.7. The van der Waals surface area contributed by atoms with Crippen molar-refractivity contribution in [3.05, 3.63) is 0 Å². The largest absolute Gasteiger partial charge is 0.465 e. The van der Waals surface area contributed by atoms with E-state index in [9.17, 15) is 4.79 Å². The Bertz CT molecular complexity index is 120. The lowest BCUT2D eigenvalue weighted by atomic mass is 10.2. The highest BCUT2D eigenvalue weighted by Gasteiger charge is 1.96. The summed E-state index contributed by atoms with van der Waals surface area (Å²) in [6, 6.07) is 0. The van der Waals surface area contributed by atoms with Gasteiger partial charge < -0.3 is 10.5 Å². The molecule has 0 spiro atoms. The predicted molar refractivity (Wildman–Crippen MR) is 56.0 cm³/mol. The average molecular weight is 210 g/mol. The fraction of sp³-hybridized carbons (Fsp3) is 0.889. The molecule has 3 nitrogen and oxygen atoms in total. The number of hydrogen-bond acceptors (Lipinski definition) is 3. The zero-order valence-electron chi connectivity index (χ0n) is 8.25. The molecule has 0 radical (unpaired) electrons. The van der Waals surface area contributed by atoms with Crippen LogP contribution in [0.4, 0.5) is 0 Å². The van der Waals surface area contributed by atoms with E-state index in [2.05, 4.69) is 6.92 Å². The highest BCUT2D eigenvalue weighted by Crippen LogP contribution is 2.01. The van der Waals surface area contributed by atoms with Gasteiger partial charge in [-0.25, -0.2) is 0 Å². The van der Waals surface area contributed by atoms with Crippen LogP contribution in [0.1, 0.15) is 39.0 Å². The monoisotopic (exact) mass is 209 g/mol. The summed E-state index contributed by atoms with van der Waals surface area (Å²) in [5.41, 5.74) is 5.06. The smallest absolute Gasteiger partial charge is 0.319 e. The average Bonchev–Trinajstić information content (AvgIpc) is 2.10. The van der Waals surface area contributed by atoms with Crippen LogP contribution >= 0.6 is 12.4 Å². The molecular weight excluding hydrogens is 190 g/mol. The highest BCUT2D eigenvalue weighted by molar-refractivity contribution is 5.85. The Hall–Kier alpha value is -0.280. The molecule has 0 amide bonds. The molecule has 2 N–H and O–H groups in total. The number of carbonyl (C=O) groups excluding carboxylic acids is 1. The first-order chi connectivity index (χ1) is 5.81. The first-order valence-electron chi connectivity index (χ1n) is 4.67. The maximum Gasteiger partial charge on any atom is 0.319 e. The summed E-state index contributed by atoms with van der Waals surface area (Å²) in [5, 5.41) is 0. The van der Waals surface area contributed by atoms with Crippen LogP contribution < -0.4 is 5.73 Å². The first kappa shape index (κ1) is 15.2. The van der Waals surface area contributed by atoms with Crippen LogP contribution in [-0.4, -0.2) is 19.1 Å². The van der Waals surface area contributed by atoms with Crippen molar-refractivity contribution >= 4 is 18.4 Å². The second-order valence-electron chi connectivity index (χ2n) is 2.84. The van der Waals surface area contributed by atoms with Gasteiger partial charge in [-0.1, -0.05) is 32.6 Å². The van der Waals surface area contributed by atoms with Gasteiger partial charge in [0.1, 0.15) is 0 Å². The molecule has 0 aliphatic rings. The van der Waals surface area contributed by atoms with Gasteiger partial charge in [-0.05, 0) is 6.42 Å². The molecule has 0 unspecified atom stereocenters. The molecule has 0 aromatic carbocycles. The summed E-state index contributed by atoms with van der Waals surface area (Å²) in [7, 11) is 0. The van der Waals surface area contributed by atoms with Crippen molar-refractivity contribution in [3.8, 4) is 0 Å². The Morgan fingerprint density at radius 3 is 2.38 bits per heavy atom. The Morgan fingerprint density at radius 1 is 1.23 bits per heavy atom. The number of hydrogen-bond donors (Lipinski definition) is 1. The van der Waals surface area contributed by atoms with E-state index in [1.165, 1.54) is 19.3 Å². The fourth-order valence-electron chi connectivity index (χ4n) is 0.951. The number of esters is 1. The van der Waals surface area contributed by atoms with Gasteiger partial charge in [-0.3, -0.25) is 4.79 Å². The molecule has 0 aromatic heterocycles. The van der Waals surface area contributed by atoms with E-state index < -0.39 is 0 Å². The molecule has 0 aliphatic carbocycles. The van der Waals surface area contributed by atoms with Crippen LogP contribution in [0.25, 0.3) is 0 Å². The molecular formula is C9H20ClNO2. The standard InChI is InChI=1S/C9H19NO2.ClH/c1-2-3-4-5-6-7-12-9(11)8-10;/h2-8,10H2,1H3;1H. The van der Waals surface area contributed by atoms with Gasteiger partial charge in [0.05, 0.1) is 13.2 Å². The number of rotatable bonds is 7. The van der Waals surface area contributed by atoms with Gasteiger partial charge in [-0.2, -0.15) is 0 Å². The van der Waals surface area contributed by atoms with Crippen molar-refractivity contribution in [2.24, 2.45) is 5.73 Å². The molecule has 0 rings (SSSR count). The summed E-state index contributed by atoms with van der Waals surface area (Å²) in [4.78, 5) is 10.6.